The van der Waals surface area contributed by atoms with Crippen LogP contribution < -0.4 is 15.4 Å². The molecule has 0 aliphatic carbocycles. The minimum atomic E-state index is -4.56. The summed E-state index contributed by atoms with van der Waals surface area (Å²) in [5, 5.41) is -0.322. The van der Waals surface area contributed by atoms with Gasteiger partial charge in [0.05, 0.1) is 35.1 Å². The SMILES string of the molecule is CN1CCC[C@H]1COc1nc(N)c2c(n1)CN(c1cccc(Cl)c1C(F)(F)F)CC2.S.S.[C-]#[N+]C[C@@H](C)N(CC)C(=O)/C=C/CN1CCC(F)(F)C1. The number of hydrogen-bond donors (Lipinski definition) is 1. The number of likely N-dealkylation sites (N-methyl/N-ethyl adjacent to an activating group) is 2. The van der Waals surface area contributed by atoms with Crippen LogP contribution in [0.2, 0.25) is 5.02 Å². The Kier molecular flexibility index (Phi) is 17.2. The highest BCUT2D eigenvalue weighted by molar-refractivity contribution is 7.59. The van der Waals surface area contributed by atoms with E-state index in [1.165, 1.54) is 24.3 Å². The zero-order valence-corrected chi connectivity index (χ0v) is 32.3. The van der Waals surface area contributed by atoms with Crippen molar-refractivity contribution in [3.63, 3.8) is 0 Å². The number of nitrogens with zero attached hydrogens (tertiary/aromatic N) is 7. The number of ether oxygens (including phenoxy) is 1. The number of carbonyl (C=O) groups excluding carboxylic acids is 1. The Hall–Kier alpha value is -3.04. The molecule has 52 heavy (non-hydrogen) atoms. The molecule has 2 aromatic rings. The van der Waals surface area contributed by atoms with Gasteiger partial charge in [-0.2, -0.15) is 50.1 Å². The standard InChI is InChI=1S/C20H23ClF3N5O.C14H21F2N3O.2H2S/c1-28-8-3-4-12(28)11-30-19-26-15-10-29(9-7-13(15)18(25)27-19)16-6-2-5-14(21)17(16)20(22,23)24;1-4-19(12(2)10-17-3)13(20)6-5-8-18-9-7-14(15,16)11-18;;/h2,5-6,12H,3-4,7-11H2,1H3,(H2,25,26,27);5-6,12H,4,7-11H2,1-2H3;2*1H2/b;6-5+;;/t2*12-;;/m01../s1. The van der Waals surface area contributed by atoms with Crippen molar-refractivity contribution in [3.8, 4) is 6.01 Å². The second-order valence-corrected chi connectivity index (χ2v) is 13.2. The molecule has 1 amide bonds. The van der Waals surface area contributed by atoms with E-state index in [0.717, 1.165) is 24.9 Å². The summed E-state index contributed by atoms with van der Waals surface area (Å²) >= 11 is 5.88. The summed E-state index contributed by atoms with van der Waals surface area (Å²) < 4.78 is 72.5. The fourth-order valence-electron chi connectivity index (χ4n) is 6.40. The first kappa shape index (κ1) is 45.1. The van der Waals surface area contributed by atoms with E-state index in [1.807, 2.05) is 20.9 Å². The maximum Gasteiger partial charge on any atom is 0.419 e. The second kappa shape index (κ2) is 19.9. The predicted molar refractivity (Wildman–Crippen MR) is 203 cm³/mol. The summed E-state index contributed by atoms with van der Waals surface area (Å²) in [6, 6.07) is 4.52. The van der Waals surface area contributed by atoms with Crippen molar-refractivity contribution < 1.29 is 31.5 Å². The Morgan fingerprint density at radius 3 is 2.58 bits per heavy atom. The van der Waals surface area contributed by atoms with Gasteiger partial charge in [0.2, 0.25) is 12.5 Å². The van der Waals surface area contributed by atoms with Gasteiger partial charge >= 0.3 is 12.2 Å². The molecule has 5 rings (SSSR count). The molecule has 0 radical (unpaired) electrons. The fraction of sp³-hybridized carbons (Fsp3) is 0.588. The maximum atomic E-state index is 13.6. The molecule has 0 bridgehead atoms. The molecule has 2 atom stereocenters. The van der Waals surface area contributed by atoms with Crippen molar-refractivity contribution in [2.75, 3.05) is 70.1 Å². The monoisotopic (exact) mass is 794 g/mol. The lowest BCUT2D eigenvalue weighted by Gasteiger charge is -2.32. The normalized spacial score (nSPS) is 19.1. The molecule has 290 valence electrons. The molecule has 2 saturated heterocycles. The molecule has 18 heteroatoms. The fourth-order valence-corrected chi connectivity index (χ4v) is 6.68. The number of fused-ring (bicyclic) bond motifs is 1. The molecule has 2 fully saturated rings. The van der Waals surface area contributed by atoms with E-state index < -0.39 is 17.7 Å². The number of nitrogen functional groups attached to an aromatic ring is 1. The minimum Gasteiger partial charge on any atom is -0.462 e. The number of halogens is 6. The first-order chi connectivity index (χ1) is 23.6. The van der Waals surface area contributed by atoms with Gasteiger partial charge in [0.15, 0.2) is 0 Å². The lowest BCUT2D eigenvalue weighted by molar-refractivity contribution is -0.137. The quantitative estimate of drug-likeness (QED) is 0.177. The Morgan fingerprint density at radius 1 is 1.25 bits per heavy atom. The van der Waals surface area contributed by atoms with Gasteiger partial charge in [-0.05, 0) is 58.8 Å². The third-order valence-corrected chi connectivity index (χ3v) is 9.47. The molecule has 0 saturated carbocycles. The summed E-state index contributed by atoms with van der Waals surface area (Å²) in [7, 11) is 2.05. The smallest absolute Gasteiger partial charge is 0.419 e. The van der Waals surface area contributed by atoms with Crippen LogP contribution in [0.15, 0.2) is 30.4 Å². The van der Waals surface area contributed by atoms with Crippen LogP contribution in [0.25, 0.3) is 4.85 Å². The molecular weight excluding hydrogens is 747 g/mol. The molecule has 3 aliphatic heterocycles. The van der Waals surface area contributed by atoms with Crippen molar-refractivity contribution in [2.24, 2.45) is 0 Å². The number of nitrogens with two attached hydrogens (primary N) is 1. The van der Waals surface area contributed by atoms with Crippen LogP contribution in [0.5, 0.6) is 6.01 Å². The molecule has 1 aromatic heterocycles. The molecule has 1 aromatic carbocycles. The predicted octanol–water partition coefficient (Wildman–Crippen LogP) is 6.03. The summed E-state index contributed by atoms with van der Waals surface area (Å²) in [6.45, 7) is 13.8. The zero-order chi connectivity index (χ0) is 36.6. The van der Waals surface area contributed by atoms with Crippen LogP contribution in [0.3, 0.4) is 0 Å². The zero-order valence-electron chi connectivity index (χ0n) is 29.5. The van der Waals surface area contributed by atoms with Gasteiger partial charge in [0.1, 0.15) is 18.5 Å². The van der Waals surface area contributed by atoms with Crippen LogP contribution >= 0.6 is 38.6 Å². The highest BCUT2D eigenvalue weighted by atomic mass is 35.5. The van der Waals surface area contributed by atoms with E-state index in [1.54, 1.807) is 20.8 Å². The Balaban J connectivity index is 0.000000375. The molecule has 10 nitrogen and oxygen atoms in total. The molecular formula is C34H48ClF5N8O2S2. The number of alkyl halides is 5. The van der Waals surface area contributed by atoms with E-state index in [9.17, 15) is 26.7 Å². The number of likely N-dealkylation sites (tertiary alicyclic amines) is 2. The number of benzene rings is 1. The highest BCUT2D eigenvalue weighted by Crippen LogP contribution is 2.42. The summed E-state index contributed by atoms with van der Waals surface area (Å²) in [5.41, 5.74) is 6.64. The first-order valence-electron chi connectivity index (χ1n) is 16.6. The molecule has 0 unspecified atom stereocenters. The van der Waals surface area contributed by atoms with E-state index >= 15 is 0 Å². The van der Waals surface area contributed by atoms with E-state index in [0.29, 0.717) is 56.8 Å². The van der Waals surface area contributed by atoms with Crippen LogP contribution in [0, 0.1) is 6.57 Å². The number of anilines is 2. The first-order valence-corrected chi connectivity index (χ1v) is 17.0. The number of carbonyl (C=O) groups is 1. The van der Waals surface area contributed by atoms with E-state index in [-0.39, 0.29) is 81.7 Å². The van der Waals surface area contributed by atoms with Crippen LogP contribution in [-0.2, 0) is 23.9 Å². The third kappa shape index (κ3) is 12.0. The van der Waals surface area contributed by atoms with E-state index in [4.69, 9.17) is 28.6 Å². The second-order valence-electron chi connectivity index (χ2n) is 12.8. The molecule has 4 heterocycles. The maximum absolute atomic E-state index is 13.6. The molecule has 2 N–H and O–H groups in total. The van der Waals surface area contributed by atoms with Gasteiger partial charge in [-0.15, -0.1) is 0 Å². The minimum absolute atomic E-state index is 0. The average molecular weight is 795 g/mol. The lowest BCUT2D eigenvalue weighted by Crippen LogP contribution is -2.39. The van der Waals surface area contributed by atoms with Gasteiger partial charge in [0.25, 0.3) is 5.92 Å². The van der Waals surface area contributed by atoms with Crippen molar-refractivity contribution in [1.29, 1.82) is 0 Å². The summed E-state index contributed by atoms with van der Waals surface area (Å²) in [5.74, 6) is -2.46. The number of rotatable bonds is 10. The molecule has 0 spiro atoms. The largest absolute Gasteiger partial charge is 0.462 e. The Morgan fingerprint density at radius 2 is 1.98 bits per heavy atom. The van der Waals surface area contributed by atoms with Gasteiger partial charge in [-0.1, -0.05) is 23.7 Å². The van der Waals surface area contributed by atoms with Gasteiger partial charge in [0, 0.05) is 50.3 Å². The lowest BCUT2D eigenvalue weighted by atomic mass is 10.0. The average Bonchev–Trinajstić information content (AvgIpc) is 3.62. The topological polar surface area (TPSA) is 95.4 Å². The highest BCUT2D eigenvalue weighted by Gasteiger charge is 2.39. The van der Waals surface area contributed by atoms with Crippen LogP contribution in [0.1, 0.15) is 49.9 Å². The van der Waals surface area contributed by atoms with E-state index in [2.05, 4.69) is 19.7 Å². The van der Waals surface area contributed by atoms with Crippen molar-refractivity contribution in [1.82, 2.24) is 24.7 Å². The Bertz CT molecular complexity index is 1560. The number of hydrogen-bond acceptors (Lipinski definition) is 8. The van der Waals surface area contributed by atoms with Crippen LogP contribution in [-0.4, -0.2) is 108 Å². The third-order valence-electron chi connectivity index (χ3n) is 9.15. The number of amides is 1. The summed E-state index contributed by atoms with van der Waals surface area (Å²) in [6.07, 6.45) is 0.972. The van der Waals surface area contributed by atoms with Gasteiger partial charge in [-0.25, -0.2) is 15.4 Å². The van der Waals surface area contributed by atoms with Crippen molar-refractivity contribution in [3.05, 3.63) is 63.6 Å². The van der Waals surface area contributed by atoms with Crippen LogP contribution in [0.4, 0.5) is 33.5 Å². The van der Waals surface area contributed by atoms with Crippen molar-refractivity contribution in [2.45, 2.75) is 70.3 Å². The Labute approximate surface area is 321 Å². The number of aromatic nitrogens is 2. The van der Waals surface area contributed by atoms with Gasteiger partial charge < -0.3 is 30.0 Å². The molecule has 3 aliphatic rings. The summed E-state index contributed by atoms with van der Waals surface area (Å²) in [4.78, 5) is 31.0. The van der Waals surface area contributed by atoms with Crippen molar-refractivity contribution >= 4 is 56.0 Å². The van der Waals surface area contributed by atoms with Gasteiger partial charge in [-0.3, -0.25) is 9.69 Å².